The minimum absolute atomic E-state index is 0.0216. The van der Waals surface area contributed by atoms with Crippen LogP contribution < -0.4 is 11.2 Å². The third-order valence-electron chi connectivity index (χ3n) is 2.92. The van der Waals surface area contributed by atoms with E-state index in [0.717, 1.165) is 0 Å². The van der Waals surface area contributed by atoms with Crippen LogP contribution in [0.3, 0.4) is 0 Å². The maximum Gasteiger partial charge on any atom is 0.193 e. The molecule has 0 aliphatic rings. The van der Waals surface area contributed by atoms with E-state index in [2.05, 4.69) is 0 Å². The maximum absolute atomic E-state index is 13.1. The zero-order valence-corrected chi connectivity index (χ0v) is 9.89. The third-order valence-corrected chi connectivity index (χ3v) is 2.92. The second-order valence-corrected chi connectivity index (χ2v) is 4.21. The fourth-order valence-electron chi connectivity index (χ4n) is 1.94. The van der Waals surface area contributed by atoms with Gasteiger partial charge >= 0.3 is 0 Å². The van der Waals surface area contributed by atoms with Gasteiger partial charge in [0.05, 0.1) is 11.1 Å². The van der Waals surface area contributed by atoms with Gasteiger partial charge in [-0.1, -0.05) is 12.1 Å². The van der Waals surface area contributed by atoms with Crippen molar-refractivity contribution in [3.05, 3.63) is 64.6 Å². The van der Waals surface area contributed by atoms with Gasteiger partial charge in [-0.05, 0) is 30.3 Å². The first kappa shape index (κ1) is 11.5. The molecule has 0 saturated heterocycles. The van der Waals surface area contributed by atoms with Crippen LogP contribution in [0, 0.1) is 5.82 Å². The fraction of sp³-hybridized carbons (Fsp3) is 0. The van der Waals surface area contributed by atoms with Crippen molar-refractivity contribution in [2.45, 2.75) is 0 Å². The highest BCUT2D eigenvalue weighted by molar-refractivity contribution is 5.78. The quantitative estimate of drug-likeness (QED) is 0.679. The molecule has 0 saturated carbocycles. The van der Waals surface area contributed by atoms with Crippen LogP contribution >= 0.6 is 0 Å². The largest absolute Gasteiger partial charge is 0.456 e. The Balaban J connectivity index is 2.25. The third kappa shape index (κ3) is 1.97. The summed E-state index contributed by atoms with van der Waals surface area (Å²) in [5.74, 6) is -0.123. The summed E-state index contributed by atoms with van der Waals surface area (Å²) in [5, 5.41) is 0.515. The average Bonchev–Trinajstić information content (AvgIpc) is 2.42. The molecule has 0 amide bonds. The van der Waals surface area contributed by atoms with Gasteiger partial charge in [0.1, 0.15) is 17.2 Å². The first-order valence-corrected chi connectivity index (χ1v) is 5.73. The molecule has 0 atom stereocenters. The highest BCUT2D eigenvalue weighted by atomic mass is 19.1. The van der Waals surface area contributed by atoms with E-state index >= 15 is 0 Å². The zero-order chi connectivity index (χ0) is 13.4. The molecule has 3 aromatic rings. The van der Waals surface area contributed by atoms with Crippen molar-refractivity contribution >= 4 is 16.7 Å². The van der Waals surface area contributed by atoms with Crippen molar-refractivity contribution in [1.29, 1.82) is 0 Å². The van der Waals surface area contributed by atoms with Crippen LogP contribution in [-0.4, -0.2) is 0 Å². The van der Waals surface area contributed by atoms with E-state index in [9.17, 15) is 9.18 Å². The Bertz CT molecular complexity index is 824. The second-order valence-electron chi connectivity index (χ2n) is 4.21. The molecule has 0 bridgehead atoms. The summed E-state index contributed by atoms with van der Waals surface area (Å²) in [6, 6.07) is 12.6. The van der Waals surface area contributed by atoms with Gasteiger partial charge in [-0.2, -0.15) is 0 Å². The number of hydrogen-bond acceptors (Lipinski definition) is 3. The molecule has 3 nitrogen and oxygen atoms in total. The number of anilines is 1. The number of rotatable bonds is 1. The minimum Gasteiger partial charge on any atom is -0.456 e. The monoisotopic (exact) mass is 255 g/mol. The molecule has 0 unspecified atom stereocenters. The predicted octanol–water partition coefficient (Wildman–Crippen LogP) is 3.18. The van der Waals surface area contributed by atoms with Crippen LogP contribution in [0.15, 0.2) is 57.7 Å². The van der Waals surface area contributed by atoms with Crippen molar-refractivity contribution in [1.82, 2.24) is 0 Å². The van der Waals surface area contributed by atoms with E-state index in [-0.39, 0.29) is 11.1 Å². The second kappa shape index (κ2) is 4.24. The first-order chi connectivity index (χ1) is 9.15. The molecule has 0 aliphatic carbocycles. The molecule has 1 heterocycles. The molecule has 3 rings (SSSR count). The lowest BCUT2D eigenvalue weighted by molar-refractivity contribution is 0.616. The molecule has 0 fully saturated rings. The number of benzene rings is 2. The smallest absolute Gasteiger partial charge is 0.193 e. The first-order valence-electron chi connectivity index (χ1n) is 5.73. The van der Waals surface area contributed by atoms with Gasteiger partial charge in [0, 0.05) is 11.6 Å². The average molecular weight is 255 g/mol. The van der Waals surface area contributed by atoms with E-state index in [1.165, 1.54) is 24.3 Å². The summed E-state index contributed by atoms with van der Waals surface area (Å²) in [6.07, 6.45) is 0. The lowest BCUT2D eigenvalue weighted by Gasteiger charge is -2.04. The fourth-order valence-corrected chi connectivity index (χ4v) is 1.94. The Morgan fingerprint density at radius 3 is 2.63 bits per heavy atom. The summed E-state index contributed by atoms with van der Waals surface area (Å²) in [4.78, 5) is 12.0. The lowest BCUT2D eigenvalue weighted by atomic mass is 10.1. The Labute approximate surface area is 108 Å². The van der Waals surface area contributed by atoms with Crippen LogP contribution in [0.5, 0.6) is 0 Å². The Morgan fingerprint density at radius 1 is 1.05 bits per heavy atom. The molecule has 0 spiro atoms. The topological polar surface area (TPSA) is 56.2 Å². The molecular formula is C15H10FNO2. The van der Waals surface area contributed by atoms with E-state index < -0.39 is 5.82 Å². The van der Waals surface area contributed by atoms with Gasteiger partial charge in [-0.3, -0.25) is 4.79 Å². The summed E-state index contributed by atoms with van der Waals surface area (Å²) < 4.78 is 18.8. The van der Waals surface area contributed by atoms with Crippen LogP contribution in [0.1, 0.15) is 0 Å². The SMILES string of the molecule is Nc1cc(-c2cc(=O)c3ccccc3o2)ccc1F. The highest BCUT2D eigenvalue weighted by Gasteiger charge is 2.08. The zero-order valence-electron chi connectivity index (χ0n) is 9.89. The maximum atomic E-state index is 13.1. The molecule has 94 valence electrons. The van der Waals surface area contributed by atoms with Gasteiger partial charge in [0.2, 0.25) is 0 Å². The summed E-state index contributed by atoms with van der Waals surface area (Å²) in [5.41, 5.74) is 6.46. The summed E-state index contributed by atoms with van der Waals surface area (Å²) >= 11 is 0. The van der Waals surface area contributed by atoms with Crippen LogP contribution in [0.4, 0.5) is 10.1 Å². The lowest BCUT2D eigenvalue weighted by Crippen LogP contribution is -2.00. The number of para-hydroxylation sites is 1. The Morgan fingerprint density at radius 2 is 1.84 bits per heavy atom. The van der Waals surface area contributed by atoms with E-state index in [4.69, 9.17) is 10.2 Å². The Kier molecular flexibility index (Phi) is 2.56. The molecule has 2 aromatic carbocycles. The van der Waals surface area contributed by atoms with E-state index in [0.29, 0.717) is 22.3 Å². The van der Waals surface area contributed by atoms with Gasteiger partial charge < -0.3 is 10.2 Å². The molecule has 4 heteroatoms. The van der Waals surface area contributed by atoms with Crippen LogP contribution in [0.2, 0.25) is 0 Å². The number of nitrogens with two attached hydrogens (primary N) is 1. The molecule has 19 heavy (non-hydrogen) atoms. The predicted molar refractivity (Wildman–Crippen MR) is 72.3 cm³/mol. The van der Waals surface area contributed by atoms with E-state index in [1.54, 1.807) is 24.3 Å². The van der Waals surface area contributed by atoms with E-state index in [1.807, 2.05) is 0 Å². The van der Waals surface area contributed by atoms with Gasteiger partial charge in [-0.25, -0.2) is 4.39 Å². The molecule has 2 N–H and O–H groups in total. The number of nitrogen functional groups attached to an aromatic ring is 1. The van der Waals surface area contributed by atoms with Crippen molar-refractivity contribution in [3.8, 4) is 11.3 Å². The summed E-state index contributed by atoms with van der Waals surface area (Å²) in [6.45, 7) is 0. The number of hydrogen-bond donors (Lipinski definition) is 1. The van der Waals surface area contributed by atoms with Gasteiger partial charge in [0.25, 0.3) is 0 Å². The van der Waals surface area contributed by atoms with Crippen LogP contribution in [-0.2, 0) is 0 Å². The molecule has 0 radical (unpaired) electrons. The van der Waals surface area contributed by atoms with Gasteiger partial charge in [0.15, 0.2) is 5.43 Å². The number of halogens is 1. The van der Waals surface area contributed by atoms with Crippen molar-refractivity contribution < 1.29 is 8.81 Å². The highest BCUT2D eigenvalue weighted by Crippen LogP contribution is 2.24. The van der Waals surface area contributed by atoms with Gasteiger partial charge in [-0.15, -0.1) is 0 Å². The molecule has 0 aliphatic heterocycles. The standard InChI is InChI=1S/C15H10FNO2/c16-11-6-5-9(7-12(11)17)15-8-13(18)10-3-1-2-4-14(10)19-15/h1-8H,17H2. The normalized spacial score (nSPS) is 10.8. The Hall–Kier alpha value is -2.62. The number of fused-ring (bicyclic) bond motifs is 1. The van der Waals surface area contributed by atoms with Crippen LogP contribution in [0.25, 0.3) is 22.3 Å². The van der Waals surface area contributed by atoms with Crippen molar-refractivity contribution in [2.24, 2.45) is 0 Å². The van der Waals surface area contributed by atoms with Crippen molar-refractivity contribution in [2.75, 3.05) is 5.73 Å². The summed E-state index contributed by atoms with van der Waals surface area (Å²) in [7, 11) is 0. The molecular weight excluding hydrogens is 245 g/mol. The van der Waals surface area contributed by atoms with Crippen molar-refractivity contribution in [3.63, 3.8) is 0 Å². The molecule has 1 aromatic heterocycles. The minimum atomic E-state index is -0.494.